The fourth-order valence-corrected chi connectivity index (χ4v) is 1.49. The number of nitrogens with zero attached hydrogens (tertiary/aromatic N) is 4. The van der Waals surface area contributed by atoms with Crippen LogP contribution in [0.1, 0.15) is 27.2 Å². The van der Waals surface area contributed by atoms with E-state index in [9.17, 15) is 9.59 Å². The fraction of sp³-hybridized carbons (Fsp3) is 0.857. The first-order valence-electron chi connectivity index (χ1n) is 7.62. The van der Waals surface area contributed by atoms with Crippen molar-refractivity contribution in [3.05, 3.63) is 10.4 Å². The van der Waals surface area contributed by atoms with Crippen molar-refractivity contribution >= 4 is 12.1 Å². The standard InChI is InChI=1S/C14H26N4O6/c1-14(2,3)24-13(21)18(6-5-16-17-15)7-9-23-11-10-22-8-4-12(19)20/h4-11H2,1-3H3,(H,19,20). The number of carbonyl (C=O) groups is 2. The Kier molecular flexibility index (Phi) is 11.4. The fourth-order valence-electron chi connectivity index (χ4n) is 1.49. The van der Waals surface area contributed by atoms with Crippen LogP contribution in [-0.2, 0) is 19.0 Å². The summed E-state index contributed by atoms with van der Waals surface area (Å²) in [4.78, 5) is 26.4. The average molecular weight is 346 g/mol. The zero-order valence-electron chi connectivity index (χ0n) is 14.4. The molecule has 0 spiro atoms. The lowest BCUT2D eigenvalue weighted by Gasteiger charge is -2.27. The van der Waals surface area contributed by atoms with E-state index < -0.39 is 17.7 Å². The SMILES string of the molecule is CC(C)(C)OC(=O)N(CCN=[N+]=[N-])CCOCCOCCC(=O)O. The molecule has 0 fully saturated rings. The highest BCUT2D eigenvalue weighted by atomic mass is 16.6. The zero-order chi connectivity index (χ0) is 18.4. The molecule has 24 heavy (non-hydrogen) atoms. The molecule has 0 aromatic carbocycles. The van der Waals surface area contributed by atoms with Gasteiger partial charge in [-0.25, -0.2) is 4.79 Å². The first-order valence-corrected chi connectivity index (χ1v) is 7.62. The molecule has 0 aliphatic carbocycles. The van der Waals surface area contributed by atoms with Crippen molar-refractivity contribution in [3.8, 4) is 0 Å². The van der Waals surface area contributed by atoms with Crippen molar-refractivity contribution in [2.75, 3.05) is 46.1 Å². The minimum Gasteiger partial charge on any atom is -0.481 e. The lowest BCUT2D eigenvalue weighted by molar-refractivity contribution is -0.138. The summed E-state index contributed by atoms with van der Waals surface area (Å²) >= 11 is 0. The van der Waals surface area contributed by atoms with Crippen LogP contribution in [0.25, 0.3) is 10.4 Å². The predicted molar refractivity (Wildman–Crippen MR) is 85.7 cm³/mol. The van der Waals surface area contributed by atoms with Gasteiger partial charge in [0.25, 0.3) is 0 Å². The van der Waals surface area contributed by atoms with E-state index in [2.05, 4.69) is 10.0 Å². The van der Waals surface area contributed by atoms with Gasteiger partial charge < -0.3 is 24.2 Å². The molecule has 0 radical (unpaired) electrons. The minimum atomic E-state index is -0.913. The minimum absolute atomic E-state index is 0.0498. The molecule has 0 bridgehead atoms. The number of carbonyl (C=O) groups excluding carboxylic acids is 1. The Labute approximate surface area is 141 Å². The zero-order valence-corrected chi connectivity index (χ0v) is 14.4. The second-order valence-corrected chi connectivity index (χ2v) is 5.79. The number of hydrogen-bond acceptors (Lipinski definition) is 6. The summed E-state index contributed by atoms with van der Waals surface area (Å²) in [6.45, 7) is 6.92. The molecule has 10 heteroatoms. The highest BCUT2D eigenvalue weighted by Gasteiger charge is 2.21. The van der Waals surface area contributed by atoms with E-state index in [4.69, 9.17) is 24.8 Å². The summed E-state index contributed by atoms with van der Waals surface area (Å²) in [5.41, 5.74) is 7.69. The van der Waals surface area contributed by atoms with Gasteiger partial charge in [-0.3, -0.25) is 4.79 Å². The summed E-state index contributed by atoms with van der Waals surface area (Å²) < 4.78 is 15.7. The maximum atomic E-state index is 12.1. The Morgan fingerprint density at radius 1 is 1.12 bits per heavy atom. The van der Waals surface area contributed by atoms with Gasteiger partial charge in [-0.1, -0.05) is 5.11 Å². The highest BCUT2D eigenvalue weighted by Crippen LogP contribution is 2.09. The number of amides is 1. The second-order valence-electron chi connectivity index (χ2n) is 5.79. The normalized spacial score (nSPS) is 10.8. The van der Waals surface area contributed by atoms with E-state index in [1.807, 2.05) is 0 Å². The van der Waals surface area contributed by atoms with Crippen molar-refractivity contribution in [2.24, 2.45) is 5.11 Å². The predicted octanol–water partition coefficient (Wildman–Crippen LogP) is 2.04. The molecule has 0 unspecified atom stereocenters. The highest BCUT2D eigenvalue weighted by molar-refractivity contribution is 5.68. The summed E-state index contributed by atoms with van der Waals surface area (Å²) in [6.07, 6.45) is -0.553. The van der Waals surface area contributed by atoms with Gasteiger partial charge in [0, 0.05) is 24.5 Å². The third-order valence-electron chi connectivity index (χ3n) is 2.52. The molecular formula is C14H26N4O6. The quantitative estimate of drug-likeness (QED) is 0.249. The number of ether oxygens (including phenoxy) is 3. The molecular weight excluding hydrogens is 320 g/mol. The van der Waals surface area contributed by atoms with Crippen LogP contribution in [0.2, 0.25) is 0 Å². The van der Waals surface area contributed by atoms with E-state index in [-0.39, 0.29) is 52.5 Å². The number of carboxylic acids is 1. The number of carboxylic acid groups (broad SMARTS) is 1. The summed E-state index contributed by atoms with van der Waals surface area (Å²) in [5.74, 6) is -0.913. The first-order chi connectivity index (χ1) is 11.3. The molecule has 0 aliphatic heterocycles. The first kappa shape index (κ1) is 22.0. The maximum Gasteiger partial charge on any atom is 0.410 e. The van der Waals surface area contributed by atoms with Gasteiger partial charge in [0.1, 0.15) is 5.60 Å². The van der Waals surface area contributed by atoms with Crippen LogP contribution < -0.4 is 0 Å². The van der Waals surface area contributed by atoms with Crippen LogP contribution in [0.4, 0.5) is 4.79 Å². The van der Waals surface area contributed by atoms with Gasteiger partial charge in [0.05, 0.1) is 32.8 Å². The monoisotopic (exact) mass is 346 g/mol. The summed E-state index contributed by atoms with van der Waals surface area (Å²) in [6, 6.07) is 0. The Morgan fingerprint density at radius 3 is 2.29 bits per heavy atom. The molecule has 0 heterocycles. The molecule has 0 rings (SSSR count). The van der Waals surface area contributed by atoms with Crippen molar-refractivity contribution < 1.29 is 28.9 Å². The van der Waals surface area contributed by atoms with Gasteiger partial charge in [-0.15, -0.1) is 0 Å². The van der Waals surface area contributed by atoms with E-state index in [0.717, 1.165) is 0 Å². The van der Waals surface area contributed by atoms with E-state index >= 15 is 0 Å². The van der Waals surface area contributed by atoms with Crippen LogP contribution in [0, 0.1) is 0 Å². The largest absolute Gasteiger partial charge is 0.481 e. The van der Waals surface area contributed by atoms with Crippen LogP contribution in [-0.4, -0.2) is 73.7 Å². The number of aliphatic carboxylic acids is 1. The molecule has 0 aromatic rings. The van der Waals surface area contributed by atoms with Crippen LogP contribution >= 0.6 is 0 Å². The number of rotatable bonds is 12. The molecule has 0 aliphatic rings. The Balaban J connectivity index is 4.06. The van der Waals surface area contributed by atoms with Crippen LogP contribution in [0.15, 0.2) is 5.11 Å². The van der Waals surface area contributed by atoms with Gasteiger partial charge in [0.2, 0.25) is 0 Å². The van der Waals surface area contributed by atoms with Gasteiger partial charge in [-0.05, 0) is 26.3 Å². The third-order valence-corrected chi connectivity index (χ3v) is 2.52. The lowest BCUT2D eigenvalue weighted by Crippen LogP contribution is -2.40. The molecule has 0 aromatic heterocycles. The Bertz CT molecular complexity index is 431. The smallest absolute Gasteiger partial charge is 0.410 e. The van der Waals surface area contributed by atoms with Crippen molar-refractivity contribution in [2.45, 2.75) is 32.8 Å². The molecule has 0 saturated heterocycles. The van der Waals surface area contributed by atoms with Gasteiger partial charge in [0.15, 0.2) is 0 Å². The molecule has 1 N–H and O–H groups in total. The summed E-state index contributed by atoms with van der Waals surface area (Å²) in [7, 11) is 0. The molecule has 138 valence electrons. The summed E-state index contributed by atoms with van der Waals surface area (Å²) in [5, 5.41) is 11.9. The average Bonchev–Trinajstić information content (AvgIpc) is 2.46. The van der Waals surface area contributed by atoms with Crippen LogP contribution in [0.5, 0.6) is 0 Å². The van der Waals surface area contributed by atoms with Crippen molar-refractivity contribution in [1.82, 2.24) is 4.90 Å². The topological polar surface area (TPSA) is 134 Å². The molecule has 1 amide bonds. The molecule has 0 atom stereocenters. The lowest BCUT2D eigenvalue weighted by atomic mass is 10.2. The van der Waals surface area contributed by atoms with E-state index in [1.54, 1.807) is 20.8 Å². The maximum absolute atomic E-state index is 12.1. The van der Waals surface area contributed by atoms with Crippen molar-refractivity contribution in [3.63, 3.8) is 0 Å². The van der Waals surface area contributed by atoms with E-state index in [1.165, 1.54) is 4.90 Å². The van der Waals surface area contributed by atoms with Gasteiger partial charge >= 0.3 is 12.1 Å². The Hall–Kier alpha value is -2.03. The second kappa shape index (κ2) is 12.4. The number of hydrogen-bond donors (Lipinski definition) is 1. The molecule has 0 saturated carbocycles. The van der Waals surface area contributed by atoms with Crippen molar-refractivity contribution in [1.29, 1.82) is 0 Å². The van der Waals surface area contributed by atoms with Crippen LogP contribution in [0.3, 0.4) is 0 Å². The number of azide groups is 1. The Morgan fingerprint density at radius 2 is 1.75 bits per heavy atom. The van der Waals surface area contributed by atoms with E-state index in [0.29, 0.717) is 0 Å². The van der Waals surface area contributed by atoms with Gasteiger partial charge in [-0.2, -0.15) is 0 Å². The molecule has 10 nitrogen and oxygen atoms in total. The third kappa shape index (κ3) is 13.6.